The van der Waals surface area contributed by atoms with E-state index in [9.17, 15) is 8.78 Å². The van der Waals surface area contributed by atoms with E-state index in [1.54, 1.807) is 52.1 Å². The van der Waals surface area contributed by atoms with Crippen LogP contribution in [0.15, 0.2) is 60.9 Å². The molecule has 2 N–H and O–H groups in total. The van der Waals surface area contributed by atoms with E-state index in [4.69, 9.17) is 35.4 Å². The minimum atomic E-state index is -0.398. The summed E-state index contributed by atoms with van der Waals surface area (Å²) in [5.74, 6) is 0.122. The van der Waals surface area contributed by atoms with Gasteiger partial charge in [-0.1, -0.05) is 41.4 Å². The molecule has 0 fully saturated rings. The number of rotatable bonds is 6. The maximum atomic E-state index is 14.0. The van der Waals surface area contributed by atoms with E-state index in [0.717, 1.165) is 5.56 Å². The number of hydrogen-bond donors (Lipinski definition) is 2. The Bertz CT molecular complexity index is 1240. The standard InChI is InChI=1S/C21H16Cl2F2N6S/c22-16-2-1-3-18(25)15(16)11-30-9-8-19(28-30)26-21(32)27-20-17(23)12-31(29-20)10-13-4-6-14(24)7-5-13/h1-9,12H,10-11H2,(H2,26,27,28,29,32). The molecule has 0 aliphatic heterocycles. The minimum Gasteiger partial charge on any atom is -0.316 e. The summed E-state index contributed by atoms with van der Waals surface area (Å²) >= 11 is 17.6. The van der Waals surface area contributed by atoms with Gasteiger partial charge in [-0.15, -0.1) is 0 Å². The van der Waals surface area contributed by atoms with Crippen molar-refractivity contribution in [3.63, 3.8) is 0 Å². The first-order valence-electron chi connectivity index (χ1n) is 9.39. The van der Waals surface area contributed by atoms with E-state index in [1.807, 2.05) is 0 Å². The topological polar surface area (TPSA) is 59.7 Å². The van der Waals surface area contributed by atoms with Crippen LogP contribution in [0.3, 0.4) is 0 Å². The van der Waals surface area contributed by atoms with Crippen molar-refractivity contribution >= 4 is 52.2 Å². The predicted molar refractivity (Wildman–Crippen MR) is 125 cm³/mol. The third-order valence-electron chi connectivity index (χ3n) is 4.47. The quantitative estimate of drug-likeness (QED) is 0.344. The molecular weight excluding hydrogens is 477 g/mol. The summed E-state index contributed by atoms with van der Waals surface area (Å²) in [5.41, 5.74) is 1.22. The van der Waals surface area contributed by atoms with Gasteiger partial charge in [0.2, 0.25) is 0 Å². The average Bonchev–Trinajstić information content (AvgIpc) is 3.32. The Morgan fingerprint density at radius 2 is 1.69 bits per heavy atom. The van der Waals surface area contributed by atoms with E-state index in [-0.39, 0.29) is 17.5 Å². The fourth-order valence-corrected chi connectivity index (χ4v) is 3.58. The zero-order valence-corrected chi connectivity index (χ0v) is 18.7. The predicted octanol–water partition coefficient (Wildman–Crippen LogP) is 5.57. The van der Waals surface area contributed by atoms with Gasteiger partial charge in [0.15, 0.2) is 16.7 Å². The number of anilines is 2. The monoisotopic (exact) mass is 492 g/mol. The summed E-state index contributed by atoms with van der Waals surface area (Å²) in [6, 6.07) is 12.3. The van der Waals surface area contributed by atoms with Gasteiger partial charge in [0.05, 0.1) is 13.1 Å². The van der Waals surface area contributed by atoms with E-state index in [1.165, 1.54) is 18.2 Å². The van der Waals surface area contributed by atoms with Crippen LogP contribution >= 0.6 is 35.4 Å². The lowest BCUT2D eigenvalue weighted by atomic mass is 10.2. The first kappa shape index (κ1) is 22.2. The molecule has 0 radical (unpaired) electrons. The Balaban J connectivity index is 1.37. The summed E-state index contributed by atoms with van der Waals surface area (Å²) in [7, 11) is 0. The molecule has 0 atom stereocenters. The summed E-state index contributed by atoms with van der Waals surface area (Å²) in [6.07, 6.45) is 3.32. The fraction of sp³-hybridized carbons (Fsp3) is 0.0952. The number of nitrogens with one attached hydrogen (secondary N) is 2. The summed E-state index contributed by atoms with van der Waals surface area (Å²) < 4.78 is 30.2. The molecule has 0 bridgehead atoms. The molecule has 0 saturated heterocycles. The lowest BCUT2D eigenvalue weighted by molar-refractivity contribution is 0.586. The van der Waals surface area contributed by atoms with Gasteiger partial charge in [-0.3, -0.25) is 9.36 Å². The third kappa shape index (κ3) is 5.42. The maximum Gasteiger partial charge on any atom is 0.177 e. The molecule has 4 aromatic rings. The van der Waals surface area contributed by atoms with Crippen LogP contribution in [0.4, 0.5) is 20.4 Å². The van der Waals surface area contributed by atoms with Crippen LogP contribution in [0.25, 0.3) is 0 Å². The highest BCUT2D eigenvalue weighted by atomic mass is 35.5. The van der Waals surface area contributed by atoms with Gasteiger partial charge in [0.25, 0.3) is 0 Å². The molecule has 2 aromatic carbocycles. The van der Waals surface area contributed by atoms with Crippen molar-refractivity contribution in [3.8, 4) is 0 Å². The van der Waals surface area contributed by atoms with Crippen molar-refractivity contribution in [2.45, 2.75) is 13.1 Å². The molecule has 0 spiro atoms. The molecule has 32 heavy (non-hydrogen) atoms. The second kappa shape index (κ2) is 9.64. The lowest BCUT2D eigenvalue weighted by Crippen LogP contribution is -2.20. The highest BCUT2D eigenvalue weighted by Gasteiger charge is 2.12. The van der Waals surface area contributed by atoms with Gasteiger partial charge in [-0.2, -0.15) is 10.2 Å². The number of aromatic nitrogens is 4. The molecule has 0 unspecified atom stereocenters. The highest BCUT2D eigenvalue weighted by Crippen LogP contribution is 2.22. The van der Waals surface area contributed by atoms with E-state index >= 15 is 0 Å². The molecular formula is C21H16Cl2F2N6S. The van der Waals surface area contributed by atoms with Crippen molar-refractivity contribution in [1.29, 1.82) is 0 Å². The first-order valence-corrected chi connectivity index (χ1v) is 10.6. The Hall–Kier alpha value is -3.01. The highest BCUT2D eigenvalue weighted by molar-refractivity contribution is 7.80. The Morgan fingerprint density at radius 1 is 0.906 bits per heavy atom. The normalized spacial score (nSPS) is 10.9. The van der Waals surface area contributed by atoms with Crippen LogP contribution < -0.4 is 10.6 Å². The average molecular weight is 493 g/mol. The van der Waals surface area contributed by atoms with Crippen LogP contribution in [0.2, 0.25) is 10.0 Å². The Kier molecular flexibility index (Phi) is 6.69. The zero-order valence-electron chi connectivity index (χ0n) is 16.4. The van der Waals surface area contributed by atoms with Gasteiger partial charge >= 0.3 is 0 Å². The van der Waals surface area contributed by atoms with Crippen LogP contribution in [0, 0.1) is 11.6 Å². The second-order valence-electron chi connectivity index (χ2n) is 6.83. The van der Waals surface area contributed by atoms with Crippen molar-refractivity contribution in [2.75, 3.05) is 10.6 Å². The van der Waals surface area contributed by atoms with Crippen molar-refractivity contribution < 1.29 is 8.78 Å². The van der Waals surface area contributed by atoms with E-state index in [0.29, 0.717) is 33.8 Å². The largest absolute Gasteiger partial charge is 0.316 e. The molecule has 0 amide bonds. The SMILES string of the molecule is Fc1ccc(Cn2cc(Cl)c(NC(=S)Nc3ccn(Cc4c(F)cccc4Cl)n3)n2)cc1. The van der Waals surface area contributed by atoms with E-state index < -0.39 is 5.82 Å². The maximum absolute atomic E-state index is 14.0. The minimum absolute atomic E-state index is 0.174. The van der Waals surface area contributed by atoms with Gasteiger partial charge in [0.1, 0.15) is 16.7 Å². The van der Waals surface area contributed by atoms with Crippen LogP contribution in [0.5, 0.6) is 0 Å². The molecule has 0 aliphatic carbocycles. The van der Waals surface area contributed by atoms with Gasteiger partial charge in [0, 0.05) is 29.0 Å². The summed E-state index contributed by atoms with van der Waals surface area (Å²) in [5, 5.41) is 15.5. The van der Waals surface area contributed by atoms with Crippen molar-refractivity contribution in [2.24, 2.45) is 0 Å². The number of thiocarbonyl (C=S) groups is 1. The van der Waals surface area contributed by atoms with Gasteiger partial charge in [-0.05, 0) is 42.0 Å². The molecule has 164 valence electrons. The van der Waals surface area contributed by atoms with Crippen molar-refractivity contribution in [3.05, 3.63) is 93.7 Å². The Morgan fingerprint density at radius 3 is 2.44 bits per heavy atom. The smallest absolute Gasteiger partial charge is 0.177 e. The number of benzene rings is 2. The first-order chi connectivity index (χ1) is 15.4. The summed E-state index contributed by atoms with van der Waals surface area (Å²) in [4.78, 5) is 0. The molecule has 0 saturated carbocycles. The zero-order chi connectivity index (χ0) is 22.7. The number of hydrogen-bond acceptors (Lipinski definition) is 3. The molecule has 11 heteroatoms. The van der Waals surface area contributed by atoms with Crippen LogP contribution in [-0.2, 0) is 13.1 Å². The van der Waals surface area contributed by atoms with E-state index in [2.05, 4.69) is 20.8 Å². The summed E-state index contributed by atoms with van der Waals surface area (Å²) in [6.45, 7) is 0.595. The van der Waals surface area contributed by atoms with Crippen LogP contribution in [0.1, 0.15) is 11.1 Å². The Labute approximate surface area is 197 Å². The second-order valence-corrected chi connectivity index (χ2v) is 8.05. The molecule has 0 aliphatic rings. The molecule has 6 nitrogen and oxygen atoms in total. The molecule has 2 aromatic heterocycles. The van der Waals surface area contributed by atoms with Crippen molar-refractivity contribution in [1.82, 2.24) is 19.6 Å². The van der Waals surface area contributed by atoms with Crippen LogP contribution in [-0.4, -0.2) is 24.7 Å². The number of halogens is 4. The van der Waals surface area contributed by atoms with Gasteiger partial charge < -0.3 is 10.6 Å². The number of nitrogens with zero attached hydrogens (tertiary/aromatic N) is 4. The third-order valence-corrected chi connectivity index (χ3v) is 5.31. The fourth-order valence-electron chi connectivity index (χ4n) is 2.96. The van der Waals surface area contributed by atoms with Gasteiger partial charge in [-0.25, -0.2) is 8.78 Å². The molecule has 2 heterocycles. The molecule has 4 rings (SSSR count). The lowest BCUT2D eigenvalue weighted by Gasteiger charge is -2.08.